The van der Waals surface area contributed by atoms with Gasteiger partial charge in [-0.15, -0.1) is 0 Å². The molecule has 0 aliphatic carbocycles. The molecule has 0 aliphatic rings. The predicted octanol–water partition coefficient (Wildman–Crippen LogP) is 5.64. The molecule has 0 spiro atoms. The number of carbonyl (C=O) groups excluding carboxylic acids is 2. The molecule has 0 saturated carbocycles. The van der Waals surface area contributed by atoms with Crippen LogP contribution in [0.1, 0.15) is 36.7 Å². The lowest BCUT2D eigenvalue weighted by Gasteiger charge is -2.24. The first kappa shape index (κ1) is 21.8. The van der Waals surface area contributed by atoms with E-state index in [1.54, 1.807) is 38.1 Å². The van der Waals surface area contributed by atoms with Gasteiger partial charge in [0.1, 0.15) is 6.04 Å². The Kier molecular flexibility index (Phi) is 6.72. The Bertz CT molecular complexity index is 882. The summed E-state index contributed by atoms with van der Waals surface area (Å²) in [6, 6.07) is 8.70. The zero-order valence-corrected chi connectivity index (χ0v) is 16.3. The largest absolute Gasteiger partial charge is 0.416 e. The van der Waals surface area contributed by atoms with E-state index in [1.807, 2.05) is 0 Å². The van der Waals surface area contributed by atoms with Gasteiger partial charge in [-0.25, -0.2) is 0 Å². The van der Waals surface area contributed by atoms with E-state index in [9.17, 15) is 22.8 Å². The van der Waals surface area contributed by atoms with Gasteiger partial charge in [-0.1, -0.05) is 37.6 Å². The highest BCUT2D eigenvalue weighted by Crippen LogP contribution is 2.34. The van der Waals surface area contributed by atoms with Crippen molar-refractivity contribution in [3.05, 3.63) is 58.6 Å². The van der Waals surface area contributed by atoms with Crippen LogP contribution in [0.4, 0.5) is 24.5 Å². The molecule has 0 aliphatic heterocycles. The molecular formula is C20H20ClF3N2O2. The fourth-order valence-electron chi connectivity index (χ4n) is 2.62. The first-order valence-corrected chi connectivity index (χ1v) is 8.92. The Hall–Kier alpha value is -2.54. The Labute approximate surface area is 166 Å². The van der Waals surface area contributed by atoms with Crippen LogP contribution in [0.2, 0.25) is 5.02 Å². The van der Waals surface area contributed by atoms with Crippen LogP contribution in [0, 0.1) is 5.92 Å². The first-order chi connectivity index (χ1) is 13.0. The zero-order chi connectivity index (χ0) is 21.1. The lowest BCUT2D eigenvalue weighted by atomic mass is 10.0. The molecule has 2 aromatic carbocycles. The molecule has 150 valence electrons. The minimum absolute atomic E-state index is 0.141. The fourth-order valence-corrected chi connectivity index (χ4v) is 2.86. The topological polar surface area (TPSA) is 58.2 Å². The number of Topliss-reactive ketones (excluding diaryl/α,β-unsaturated/α-hetero) is 1. The van der Waals surface area contributed by atoms with E-state index in [0.717, 1.165) is 12.1 Å². The number of hydrogen-bond donors (Lipinski definition) is 2. The van der Waals surface area contributed by atoms with E-state index in [0.29, 0.717) is 11.3 Å². The number of nitrogens with one attached hydrogen (secondary N) is 2. The number of rotatable bonds is 6. The van der Waals surface area contributed by atoms with Gasteiger partial charge in [-0.3, -0.25) is 9.59 Å². The number of amides is 1. The van der Waals surface area contributed by atoms with E-state index >= 15 is 0 Å². The van der Waals surface area contributed by atoms with Gasteiger partial charge < -0.3 is 10.6 Å². The van der Waals surface area contributed by atoms with Crippen LogP contribution < -0.4 is 10.6 Å². The van der Waals surface area contributed by atoms with Gasteiger partial charge in [0, 0.05) is 5.56 Å². The third-order valence-electron chi connectivity index (χ3n) is 4.12. The number of ketones is 1. The molecule has 28 heavy (non-hydrogen) atoms. The van der Waals surface area contributed by atoms with E-state index in [-0.39, 0.29) is 22.4 Å². The summed E-state index contributed by atoms with van der Waals surface area (Å²) in [5, 5.41) is 5.46. The molecule has 4 nitrogen and oxygen atoms in total. The smallest absolute Gasteiger partial charge is 0.372 e. The van der Waals surface area contributed by atoms with E-state index in [1.165, 1.54) is 13.0 Å². The second-order valence-electron chi connectivity index (χ2n) is 6.65. The average Bonchev–Trinajstić information content (AvgIpc) is 2.59. The van der Waals surface area contributed by atoms with E-state index < -0.39 is 23.7 Å². The maximum absolute atomic E-state index is 12.8. The first-order valence-electron chi connectivity index (χ1n) is 8.54. The second-order valence-corrected chi connectivity index (χ2v) is 7.06. The Morgan fingerprint density at radius 3 is 2.21 bits per heavy atom. The van der Waals surface area contributed by atoms with Crippen LogP contribution in [-0.4, -0.2) is 17.7 Å². The number of anilines is 2. The molecular weight excluding hydrogens is 393 g/mol. The molecule has 0 radical (unpaired) electrons. The van der Waals surface area contributed by atoms with Crippen molar-refractivity contribution in [1.82, 2.24) is 0 Å². The molecule has 1 atom stereocenters. The molecule has 0 saturated heterocycles. The maximum Gasteiger partial charge on any atom is 0.416 e. The third kappa shape index (κ3) is 5.25. The lowest BCUT2D eigenvalue weighted by molar-refractivity contribution is -0.137. The van der Waals surface area contributed by atoms with Crippen molar-refractivity contribution in [3.63, 3.8) is 0 Å². The minimum atomic E-state index is -4.51. The van der Waals surface area contributed by atoms with Gasteiger partial charge in [0.2, 0.25) is 5.91 Å². The maximum atomic E-state index is 12.8. The van der Waals surface area contributed by atoms with Gasteiger partial charge >= 0.3 is 6.18 Å². The molecule has 8 heteroatoms. The molecule has 0 unspecified atom stereocenters. The highest BCUT2D eigenvalue weighted by atomic mass is 35.5. The standard InChI is InChI=1S/C20H20ClF3N2O2/c1-11(2)18(19(28)26-16-7-5-4-6-14(16)12(3)27)25-17-9-8-13(10-15(17)21)20(22,23)24/h4-11,18,25H,1-3H3,(H,26,28)/t18-/m0/s1. The summed E-state index contributed by atoms with van der Waals surface area (Å²) < 4.78 is 38.4. The molecule has 2 N–H and O–H groups in total. The summed E-state index contributed by atoms with van der Waals surface area (Å²) in [5.74, 6) is -0.835. The summed E-state index contributed by atoms with van der Waals surface area (Å²) in [6.07, 6.45) is -4.51. The molecule has 0 fully saturated rings. The number of benzene rings is 2. The third-order valence-corrected chi connectivity index (χ3v) is 4.43. The van der Waals surface area contributed by atoms with Gasteiger partial charge in [0.25, 0.3) is 0 Å². The number of alkyl halides is 3. The van der Waals surface area contributed by atoms with Crippen LogP contribution in [0.5, 0.6) is 0 Å². The SMILES string of the molecule is CC(=O)c1ccccc1NC(=O)[C@@H](Nc1ccc(C(F)(F)F)cc1Cl)C(C)C. The van der Waals surface area contributed by atoms with Crippen molar-refractivity contribution in [1.29, 1.82) is 0 Å². The van der Waals surface area contributed by atoms with Crippen LogP contribution >= 0.6 is 11.6 Å². The van der Waals surface area contributed by atoms with Crippen molar-refractivity contribution >= 4 is 34.7 Å². The zero-order valence-electron chi connectivity index (χ0n) is 15.5. The quantitative estimate of drug-likeness (QED) is 0.604. The van der Waals surface area contributed by atoms with Gasteiger partial charge in [0.15, 0.2) is 5.78 Å². The summed E-state index contributed by atoms with van der Waals surface area (Å²) >= 11 is 5.98. The van der Waals surface area contributed by atoms with Gasteiger partial charge in [-0.05, 0) is 43.2 Å². The van der Waals surface area contributed by atoms with Crippen molar-refractivity contribution in [3.8, 4) is 0 Å². The number of para-hydroxylation sites is 1. The Morgan fingerprint density at radius 2 is 1.68 bits per heavy atom. The molecule has 2 aromatic rings. The normalized spacial score (nSPS) is 12.6. The van der Waals surface area contributed by atoms with Crippen molar-refractivity contribution in [2.75, 3.05) is 10.6 Å². The van der Waals surface area contributed by atoms with Crippen LogP contribution in [0.15, 0.2) is 42.5 Å². The molecule has 2 rings (SSSR count). The van der Waals surface area contributed by atoms with Crippen LogP contribution in [0.3, 0.4) is 0 Å². The number of halogens is 4. The Morgan fingerprint density at radius 1 is 1.04 bits per heavy atom. The second kappa shape index (κ2) is 8.65. The highest BCUT2D eigenvalue weighted by Gasteiger charge is 2.31. The fraction of sp³-hybridized carbons (Fsp3) is 0.300. The predicted molar refractivity (Wildman–Crippen MR) is 104 cm³/mol. The summed E-state index contributed by atoms with van der Waals surface area (Å²) in [4.78, 5) is 24.5. The minimum Gasteiger partial charge on any atom is -0.372 e. The number of hydrogen-bond acceptors (Lipinski definition) is 3. The summed E-state index contributed by atoms with van der Waals surface area (Å²) in [5.41, 5.74) is 0.0734. The lowest BCUT2D eigenvalue weighted by Crippen LogP contribution is -2.39. The molecule has 1 amide bonds. The van der Waals surface area contributed by atoms with Crippen molar-refractivity contribution < 1.29 is 22.8 Å². The van der Waals surface area contributed by atoms with Crippen molar-refractivity contribution in [2.45, 2.75) is 33.0 Å². The van der Waals surface area contributed by atoms with E-state index in [4.69, 9.17) is 11.6 Å². The number of carbonyl (C=O) groups is 2. The summed E-state index contributed by atoms with van der Waals surface area (Å²) in [7, 11) is 0. The van der Waals surface area contributed by atoms with Gasteiger partial charge in [-0.2, -0.15) is 13.2 Å². The summed E-state index contributed by atoms with van der Waals surface area (Å²) in [6.45, 7) is 4.96. The van der Waals surface area contributed by atoms with Crippen LogP contribution in [0.25, 0.3) is 0 Å². The molecule has 0 bridgehead atoms. The average molecular weight is 413 g/mol. The van der Waals surface area contributed by atoms with Crippen LogP contribution in [-0.2, 0) is 11.0 Å². The van der Waals surface area contributed by atoms with Gasteiger partial charge in [0.05, 0.1) is 22.0 Å². The van der Waals surface area contributed by atoms with E-state index in [2.05, 4.69) is 10.6 Å². The highest BCUT2D eigenvalue weighted by molar-refractivity contribution is 6.33. The molecule has 0 aromatic heterocycles. The van der Waals surface area contributed by atoms with Crippen molar-refractivity contribution in [2.24, 2.45) is 5.92 Å². The Balaban J connectivity index is 2.25. The monoisotopic (exact) mass is 412 g/mol. The molecule has 0 heterocycles.